The first-order valence-corrected chi connectivity index (χ1v) is 6.17. The molecule has 0 aromatic carbocycles. The summed E-state index contributed by atoms with van der Waals surface area (Å²) in [4.78, 5) is 16.2. The number of aryl methyl sites for hydroxylation is 1. The van der Waals surface area contributed by atoms with Crippen molar-refractivity contribution in [2.75, 3.05) is 32.1 Å². The van der Waals surface area contributed by atoms with Gasteiger partial charge in [-0.05, 0) is 25.5 Å². The highest BCUT2D eigenvalue weighted by atomic mass is 16.5. The monoisotopic (exact) mass is 251 g/mol. The summed E-state index contributed by atoms with van der Waals surface area (Å²) in [5, 5.41) is 5.97. The van der Waals surface area contributed by atoms with Gasteiger partial charge in [-0.15, -0.1) is 0 Å². The van der Waals surface area contributed by atoms with Crippen molar-refractivity contribution in [1.82, 2.24) is 10.3 Å². The van der Waals surface area contributed by atoms with Crippen molar-refractivity contribution in [3.8, 4) is 0 Å². The highest BCUT2D eigenvalue weighted by Gasteiger charge is 2.07. The smallest absolute Gasteiger partial charge is 0.251 e. The summed E-state index contributed by atoms with van der Waals surface area (Å²) >= 11 is 0. The van der Waals surface area contributed by atoms with Crippen LogP contribution in [0.15, 0.2) is 12.1 Å². The molecule has 1 heterocycles. The van der Waals surface area contributed by atoms with E-state index >= 15 is 0 Å². The Morgan fingerprint density at radius 2 is 2.17 bits per heavy atom. The van der Waals surface area contributed by atoms with E-state index in [0.29, 0.717) is 18.7 Å². The van der Waals surface area contributed by atoms with E-state index < -0.39 is 0 Å². The molecule has 0 aliphatic heterocycles. The topological polar surface area (TPSA) is 63.2 Å². The highest BCUT2D eigenvalue weighted by molar-refractivity contribution is 5.94. The van der Waals surface area contributed by atoms with Crippen LogP contribution in [0.25, 0.3) is 0 Å². The number of ether oxygens (including phenoxy) is 1. The average Bonchev–Trinajstić information content (AvgIpc) is 2.36. The second-order valence-corrected chi connectivity index (χ2v) is 4.06. The van der Waals surface area contributed by atoms with E-state index in [2.05, 4.69) is 22.5 Å². The Bertz CT molecular complexity index is 394. The fraction of sp³-hybridized carbons (Fsp3) is 0.538. The molecular formula is C13H21N3O2. The van der Waals surface area contributed by atoms with Crippen LogP contribution < -0.4 is 10.6 Å². The third-order valence-corrected chi connectivity index (χ3v) is 2.36. The number of aromatic nitrogens is 1. The Labute approximate surface area is 108 Å². The number of carbonyl (C=O) groups is 1. The molecule has 1 rings (SSSR count). The van der Waals surface area contributed by atoms with Gasteiger partial charge in [0.2, 0.25) is 0 Å². The van der Waals surface area contributed by atoms with E-state index in [4.69, 9.17) is 4.74 Å². The maximum Gasteiger partial charge on any atom is 0.251 e. The number of hydrogen-bond donors (Lipinski definition) is 2. The lowest BCUT2D eigenvalue weighted by atomic mass is 10.2. The first-order valence-electron chi connectivity index (χ1n) is 6.17. The molecule has 0 saturated heterocycles. The average molecular weight is 251 g/mol. The molecule has 0 aliphatic carbocycles. The lowest BCUT2D eigenvalue weighted by Gasteiger charge is -2.09. The van der Waals surface area contributed by atoms with E-state index in [9.17, 15) is 4.79 Å². The van der Waals surface area contributed by atoms with Gasteiger partial charge in [0.15, 0.2) is 0 Å². The molecule has 5 heteroatoms. The standard InChI is InChI=1S/C13H21N3O2/c1-4-5-14-12-9-11(8-10(2)16-12)13(17)15-6-7-18-3/h8-9H,4-7H2,1-3H3,(H,14,16)(H,15,17). The SMILES string of the molecule is CCCNc1cc(C(=O)NCCOC)cc(C)n1. The number of nitrogens with zero attached hydrogens (tertiary/aromatic N) is 1. The van der Waals surface area contributed by atoms with Crippen molar-refractivity contribution in [1.29, 1.82) is 0 Å². The van der Waals surface area contributed by atoms with Crippen molar-refractivity contribution in [3.05, 3.63) is 23.4 Å². The molecule has 0 spiro atoms. The minimum atomic E-state index is -0.0999. The van der Waals surface area contributed by atoms with Gasteiger partial charge in [0.1, 0.15) is 5.82 Å². The summed E-state index contributed by atoms with van der Waals surface area (Å²) < 4.78 is 4.89. The minimum Gasteiger partial charge on any atom is -0.383 e. The van der Waals surface area contributed by atoms with Gasteiger partial charge in [0.25, 0.3) is 5.91 Å². The molecule has 1 amide bonds. The molecule has 2 N–H and O–H groups in total. The molecule has 18 heavy (non-hydrogen) atoms. The Balaban J connectivity index is 2.69. The zero-order valence-electron chi connectivity index (χ0n) is 11.2. The number of rotatable bonds is 7. The van der Waals surface area contributed by atoms with Crippen molar-refractivity contribution in [3.63, 3.8) is 0 Å². The molecule has 0 bridgehead atoms. The summed E-state index contributed by atoms with van der Waals surface area (Å²) in [7, 11) is 1.61. The summed E-state index contributed by atoms with van der Waals surface area (Å²) in [6, 6.07) is 3.55. The Hall–Kier alpha value is -1.62. The number of anilines is 1. The summed E-state index contributed by atoms with van der Waals surface area (Å²) in [6.45, 7) is 5.83. The van der Waals surface area contributed by atoms with Crippen LogP contribution in [0.4, 0.5) is 5.82 Å². The number of nitrogens with one attached hydrogen (secondary N) is 2. The zero-order valence-corrected chi connectivity index (χ0v) is 11.2. The molecule has 0 unspecified atom stereocenters. The summed E-state index contributed by atoms with van der Waals surface area (Å²) in [6.07, 6.45) is 1.02. The molecule has 0 aliphatic rings. The molecule has 5 nitrogen and oxygen atoms in total. The third-order valence-electron chi connectivity index (χ3n) is 2.36. The third kappa shape index (κ3) is 4.71. The predicted molar refractivity (Wildman–Crippen MR) is 72.0 cm³/mol. The maximum absolute atomic E-state index is 11.9. The number of pyridine rings is 1. The summed E-state index contributed by atoms with van der Waals surface area (Å²) in [5.41, 5.74) is 1.45. The number of hydrogen-bond acceptors (Lipinski definition) is 4. The quantitative estimate of drug-likeness (QED) is 0.722. The van der Waals surface area contributed by atoms with E-state index in [1.165, 1.54) is 0 Å². The Kier molecular flexibility index (Phi) is 6.14. The fourth-order valence-corrected chi connectivity index (χ4v) is 1.51. The van der Waals surface area contributed by atoms with E-state index in [1.54, 1.807) is 19.2 Å². The van der Waals surface area contributed by atoms with Gasteiger partial charge >= 0.3 is 0 Å². The van der Waals surface area contributed by atoms with Crippen molar-refractivity contribution < 1.29 is 9.53 Å². The lowest BCUT2D eigenvalue weighted by Crippen LogP contribution is -2.27. The van der Waals surface area contributed by atoms with E-state index in [1.807, 2.05) is 6.92 Å². The van der Waals surface area contributed by atoms with Gasteiger partial charge in [-0.2, -0.15) is 0 Å². The first kappa shape index (κ1) is 14.4. The van der Waals surface area contributed by atoms with Crippen molar-refractivity contribution in [2.45, 2.75) is 20.3 Å². The normalized spacial score (nSPS) is 10.2. The second-order valence-electron chi connectivity index (χ2n) is 4.06. The molecule has 0 fully saturated rings. The van der Waals surface area contributed by atoms with Crippen LogP contribution in [0.5, 0.6) is 0 Å². The highest BCUT2D eigenvalue weighted by Crippen LogP contribution is 2.10. The van der Waals surface area contributed by atoms with Gasteiger partial charge < -0.3 is 15.4 Å². The number of methoxy groups -OCH3 is 1. The van der Waals surface area contributed by atoms with Crippen LogP contribution in [-0.2, 0) is 4.74 Å². The van der Waals surface area contributed by atoms with Crippen molar-refractivity contribution in [2.24, 2.45) is 0 Å². The minimum absolute atomic E-state index is 0.0999. The number of amides is 1. The van der Waals surface area contributed by atoms with Crippen molar-refractivity contribution >= 4 is 11.7 Å². The summed E-state index contributed by atoms with van der Waals surface area (Å²) in [5.74, 6) is 0.644. The fourth-order valence-electron chi connectivity index (χ4n) is 1.51. The van der Waals surface area contributed by atoms with Gasteiger partial charge in [-0.25, -0.2) is 4.98 Å². The molecule has 1 aromatic rings. The van der Waals surface area contributed by atoms with Crippen LogP contribution in [0.3, 0.4) is 0 Å². The number of carbonyl (C=O) groups excluding carboxylic acids is 1. The zero-order chi connectivity index (χ0) is 13.4. The lowest BCUT2D eigenvalue weighted by molar-refractivity contribution is 0.0937. The first-order chi connectivity index (χ1) is 8.67. The Morgan fingerprint density at radius 3 is 2.83 bits per heavy atom. The predicted octanol–water partition coefficient (Wildman–Crippen LogP) is 1.59. The van der Waals surface area contributed by atoms with Gasteiger partial charge in [-0.3, -0.25) is 4.79 Å². The van der Waals surface area contributed by atoms with Gasteiger partial charge in [0, 0.05) is 31.5 Å². The van der Waals surface area contributed by atoms with E-state index in [0.717, 1.165) is 24.5 Å². The maximum atomic E-state index is 11.9. The molecule has 100 valence electrons. The Morgan fingerprint density at radius 1 is 1.39 bits per heavy atom. The van der Waals surface area contributed by atoms with Gasteiger partial charge in [0.05, 0.1) is 6.61 Å². The van der Waals surface area contributed by atoms with Crippen LogP contribution in [0.2, 0.25) is 0 Å². The van der Waals surface area contributed by atoms with E-state index in [-0.39, 0.29) is 5.91 Å². The molecular weight excluding hydrogens is 230 g/mol. The van der Waals surface area contributed by atoms with Crippen LogP contribution in [0.1, 0.15) is 29.4 Å². The van der Waals surface area contributed by atoms with Crippen LogP contribution in [0, 0.1) is 6.92 Å². The largest absolute Gasteiger partial charge is 0.383 e. The molecule has 0 radical (unpaired) electrons. The van der Waals surface area contributed by atoms with Crippen LogP contribution in [-0.4, -0.2) is 37.7 Å². The van der Waals surface area contributed by atoms with Crippen LogP contribution >= 0.6 is 0 Å². The molecule has 1 aromatic heterocycles. The molecule has 0 saturated carbocycles. The molecule has 0 atom stereocenters. The second kappa shape index (κ2) is 7.66. The van der Waals surface area contributed by atoms with Gasteiger partial charge in [-0.1, -0.05) is 6.92 Å².